The van der Waals surface area contributed by atoms with E-state index in [4.69, 9.17) is 0 Å². The van der Waals surface area contributed by atoms with Gasteiger partial charge in [-0.15, -0.1) is 0 Å². The molecule has 3 aliphatic carbocycles. The number of rotatable bonds is 0. The van der Waals surface area contributed by atoms with Crippen molar-refractivity contribution in [3.05, 3.63) is 11.6 Å². The van der Waals surface area contributed by atoms with Gasteiger partial charge >= 0.3 is 0 Å². The average molecular weight is 204 g/mol. The lowest BCUT2D eigenvalue weighted by molar-refractivity contribution is 0.0733. The molecule has 5 atom stereocenters. The van der Waals surface area contributed by atoms with E-state index in [-0.39, 0.29) is 0 Å². The topological polar surface area (TPSA) is 0 Å². The van der Waals surface area contributed by atoms with Crippen LogP contribution in [0.5, 0.6) is 0 Å². The first-order valence-corrected chi connectivity index (χ1v) is 6.71. The highest BCUT2D eigenvalue weighted by Gasteiger charge is 2.65. The van der Waals surface area contributed by atoms with E-state index < -0.39 is 0 Å². The van der Waals surface area contributed by atoms with Crippen LogP contribution in [0.25, 0.3) is 0 Å². The van der Waals surface area contributed by atoms with Gasteiger partial charge < -0.3 is 0 Å². The molecule has 1 spiro atoms. The van der Waals surface area contributed by atoms with Crippen molar-refractivity contribution >= 4 is 0 Å². The highest BCUT2D eigenvalue weighted by atomic mass is 14.7. The molecular weight excluding hydrogens is 180 g/mol. The average Bonchev–Trinajstić information content (AvgIpc) is 2.70. The molecule has 0 aliphatic heterocycles. The SMILES string of the molecule is CC1=C[C@]2(C)CCC3[C@H](C)CC[C@]32[C@H]1C. The van der Waals surface area contributed by atoms with Gasteiger partial charge in [0.1, 0.15) is 0 Å². The maximum absolute atomic E-state index is 2.63. The van der Waals surface area contributed by atoms with E-state index in [1.165, 1.54) is 25.7 Å². The minimum atomic E-state index is 0.548. The smallest absolute Gasteiger partial charge is 0.00790 e. The largest absolute Gasteiger partial charge is 0.0788 e. The Balaban J connectivity index is 2.11. The molecule has 0 amide bonds. The Morgan fingerprint density at radius 3 is 2.67 bits per heavy atom. The van der Waals surface area contributed by atoms with Crippen molar-refractivity contribution in [2.24, 2.45) is 28.6 Å². The standard InChI is InChI=1S/C15H24/c1-10-5-8-15-12(3)11(2)9-14(15,4)7-6-13(10)15/h9-10,12-13H,5-8H2,1-4H3/t10-,12+,13?,14+,15+/m1/s1. The Kier molecular flexibility index (Phi) is 1.79. The first-order valence-electron chi connectivity index (χ1n) is 6.71. The molecule has 3 aliphatic rings. The minimum absolute atomic E-state index is 0.548. The summed E-state index contributed by atoms with van der Waals surface area (Å²) in [6.07, 6.45) is 8.54. The van der Waals surface area contributed by atoms with Gasteiger partial charge in [-0.1, -0.05) is 32.4 Å². The predicted molar refractivity (Wildman–Crippen MR) is 64.6 cm³/mol. The van der Waals surface area contributed by atoms with Crippen LogP contribution in [0.4, 0.5) is 0 Å². The second-order valence-corrected chi connectivity index (χ2v) is 6.73. The minimum Gasteiger partial charge on any atom is -0.0788 e. The van der Waals surface area contributed by atoms with Gasteiger partial charge in [0.05, 0.1) is 0 Å². The van der Waals surface area contributed by atoms with Gasteiger partial charge in [0.2, 0.25) is 0 Å². The van der Waals surface area contributed by atoms with E-state index >= 15 is 0 Å². The van der Waals surface area contributed by atoms with Crippen LogP contribution < -0.4 is 0 Å². The summed E-state index contributed by atoms with van der Waals surface area (Å²) in [6, 6.07) is 0. The Morgan fingerprint density at radius 2 is 1.93 bits per heavy atom. The molecule has 1 unspecified atom stereocenters. The summed E-state index contributed by atoms with van der Waals surface area (Å²) in [7, 11) is 0. The van der Waals surface area contributed by atoms with Crippen LogP contribution in [0.15, 0.2) is 11.6 Å². The summed E-state index contributed by atoms with van der Waals surface area (Å²) < 4.78 is 0. The van der Waals surface area contributed by atoms with Gasteiger partial charge in [-0.25, -0.2) is 0 Å². The lowest BCUT2D eigenvalue weighted by Gasteiger charge is -2.42. The first-order chi connectivity index (χ1) is 7.01. The highest BCUT2D eigenvalue weighted by molar-refractivity contribution is 5.31. The third-order valence-electron chi connectivity index (χ3n) is 6.40. The van der Waals surface area contributed by atoms with Crippen LogP contribution in [0.2, 0.25) is 0 Å². The van der Waals surface area contributed by atoms with Gasteiger partial charge in [0.15, 0.2) is 0 Å². The summed E-state index contributed by atoms with van der Waals surface area (Å²) in [5.41, 5.74) is 2.89. The zero-order chi connectivity index (χ0) is 10.8. The molecule has 0 heteroatoms. The molecule has 0 saturated heterocycles. The van der Waals surface area contributed by atoms with E-state index in [2.05, 4.69) is 33.8 Å². The van der Waals surface area contributed by atoms with Gasteiger partial charge in [-0.05, 0) is 61.2 Å². The lowest BCUT2D eigenvalue weighted by atomic mass is 9.61. The maximum atomic E-state index is 2.63. The maximum Gasteiger partial charge on any atom is -0.00790 e. The molecule has 0 aromatic carbocycles. The molecular formula is C15H24. The van der Waals surface area contributed by atoms with Crippen LogP contribution in [-0.4, -0.2) is 0 Å². The molecule has 0 nitrogen and oxygen atoms in total. The lowest BCUT2D eigenvalue weighted by Crippen LogP contribution is -2.37. The highest BCUT2D eigenvalue weighted by Crippen LogP contribution is 2.73. The van der Waals surface area contributed by atoms with E-state index in [9.17, 15) is 0 Å². The summed E-state index contributed by atoms with van der Waals surface area (Å²) in [5.74, 6) is 2.85. The molecule has 2 saturated carbocycles. The molecule has 84 valence electrons. The zero-order valence-electron chi connectivity index (χ0n) is 10.6. The molecule has 0 bridgehead atoms. The summed E-state index contributed by atoms with van der Waals surface area (Å²) in [4.78, 5) is 0. The fourth-order valence-corrected chi connectivity index (χ4v) is 5.57. The number of hydrogen-bond donors (Lipinski definition) is 0. The monoisotopic (exact) mass is 204 g/mol. The van der Waals surface area contributed by atoms with Gasteiger partial charge in [0.25, 0.3) is 0 Å². The second-order valence-electron chi connectivity index (χ2n) is 6.73. The van der Waals surface area contributed by atoms with Gasteiger partial charge in [-0.2, -0.15) is 0 Å². The number of hydrogen-bond acceptors (Lipinski definition) is 0. The first kappa shape index (κ1) is 9.93. The third kappa shape index (κ3) is 0.905. The van der Waals surface area contributed by atoms with E-state index in [0.29, 0.717) is 10.8 Å². The zero-order valence-corrected chi connectivity index (χ0v) is 10.6. The fourth-order valence-electron chi connectivity index (χ4n) is 5.57. The van der Waals surface area contributed by atoms with Gasteiger partial charge in [-0.3, -0.25) is 0 Å². The summed E-state index contributed by atoms with van der Waals surface area (Å²) in [6.45, 7) is 9.89. The second kappa shape index (κ2) is 2.70. The van der Waals surface area contributed by atoms with E-state index in [1.54, 1.807) is 5.57 Å². The molecule has 0 N–H and O–H groups in total. The van der Waals surface area contributed by atoms with Crippen molar-refractivity contribution < 1.29 is 0 Å². The molecule has 3 rings (SSSR count). The Morgan fingerprint density at radius 1 is 1.20 bits per heavy atom. The normalized spacial score (nSPS) is 57.9. The van der Waals surface area contributed by atoms with Gasteiger partial charge in [0, 0.05) is 0 Å². The van der Waals surface area contributed by atoms with Crippen molar-refractivity contribution in [2.45, 2.75) is 53.4 Å². The summed E-state index contributed by atoms with van der Waals surface area (Å²) in [5, 5.41) is 0. The van der Waals surface area contributed by atoms with Crippen LogP contribution in [0.1, 0.15) is 53.4 Å². The third-order valence-corrected chi connectivity index (χ3v) is 6.40. The predicted octanol–water partition coefficient (Wildman–Crippen LogP) is 4.42. The van der Waals surface area contributed by atoms with Crippen LogP contribution in [0.3, 0.4) is 0 Å². The van der Waals surface area contributed by atoms with Crippen molar-refractivity contribution in [2.75, 3.05) is 0 Å². The molecule has 0 aromatic heterocycles. The Bertz CT molecular complexity index is 327. The van der Waals surface area contributed by atoms with Crippen molar-refractivity contribution in [3.63, 3.8) is 0 Å². The van der Waals surface area contributed by atoms with Crippen molar-refractivity contribution in [1.82, 2.24) is 0 Å². The molecule has 2 fully saturated rings. The van der Waals surface area contributed by atoms with E-state index in [0.717, 1.165) is 17.8 Å². The summed E-state index contributed by atoms with van der Waals surface area (Å²) >= 11 is 0. The van der Waals surface area contributed by atoms with Crippen LogP contribution in [-0.2, 0) is 0 Å². The van der Waals surface area contributed by atoms with Crippen molar-refractivity contribution in [1.29, 1.82) is 0 Å². The number of allylic oxidation sites excluding steroid dienone is 2. The van der Waals surface area contributed by atoms with Crippen LogP contribution in [0, 0.1) is 28.6 Å². The molecule has 0 aromatic rings. The van der Waals surface area contributed by atoms with Crippen molar-refractivity contribution in [3.8, 4) is 0 Å². The molecule has 0 heterocycles. The van der Waals surface area contributed by atoms with E-state index in [1.807, 2.05) is 0 Å². The Labute approximate surface area is 94.1 Å². The Hall–Kier alpha value is -0.260. The molecule has 0 radical (unpaired) electrons. The quantitative estimate of drug-likeness (QED) is 0.513. The molecule has 15 heavy (non-hydrogen) atoms. The van der Waals surface area contributed by atoms with Crippen LogP contribution >= 0.6 is 0 Å². The fraction of sp³-hybridized carbons (Fsp3) is 0.867.